The Labute approximate surface area is 126 Å². The SMILES string of the molecule is CCOC(=O)C([Se]c1ccccc1)c1ccc(C)cc1. The molecule has 2 nitrogen and oxygen atoms in total. The molecule has 104 valence electrons. The number of aryl methyl sites for hydroxylation is 1. The molecule has 2 aromatic rings. The number of hydrogen-bond acceptors (Lipinski definition) is 2. The van der Waals surface area contributed by atoms with Gasteiger partial charge in [-0.1, -0.05) is 0 Å². The van der Waals surface area contributed by atoms with E-state index in [1.807, 2.05) is 56.3 Å². The molecule has 0 amide bonds. The van der Waals surface area contributed by atoms with Gasteiger partial charge in [-0.3, -0.25) is 0 Å². The molecule has 0 N–H and O–H groups in total. The van der Waals surface area contributed by atoms with E-state index in [1.165, 1.54) is 10.0 Å². The first-order valence-electron chi connectivity index (χ1n) is 6.65. The van der Waals surface area contributed by atoms with Crippen LogP contribution in [-0.2, 0) is 9.53 Å². The van der Waals surface area contributed by atoms with E-state index in [4.69, 9.17) is 4.74 Å². The van der Waals surface area contributed by atoms with E-state index in [1.54, 1.807) is 0 Å². The molecule has 0 aliphatic heterocycles. The van der Waals surface area contributed by atoms with E-state index in [2.05, 4.69) is 12.1 Å². The first-order chi connectivity index (χ1) is 9.70. The van der Waals surface area contributed by atoms with Crippen LogP contribution in [0.2, 0.25) is 0 Å². The predicted octanol–water partition coefficient (Wildman–Crippen LogP) is 2.63. The number of rotatable bonds is 5. The maximum atomic E-state index is 12.2. The molecule has 0 aromatic heterocycles. The van der Waals surface area contributed by atoms with Crippen molar-refractivity contribution in [3.8, 4) is 0 Å². The monoisotopic (exact) mass is 334 g/mol. The molecule has 3 heteroatoms. The Bertz CT molecular complexity index is 549. The van der Waals surface area contributed by atoms with Crippen LogP contribution < -0.4 is 4.46 Å². The van der Waals surface area contributed by atoms with Crippen molar-refractivity contribution < 1.29 is 9.53 Å². The zero-order chi connectivity index (χ0) is 14.4. The van der Waals surface area contributed by atoms with Gasteiger partial charge in [0.05, 0.1) is 0 Å². The molecular formula is C17H18O2Se. The minimum atomic E-state index is -0.176. The van der Waals surface area contributed by atoms with Crippen molar-refractivity contribution in [3.05, 3.63) is 65.7 Å². The molecule has 0 spiro atoms. The van der Waals surface area contributed by atoms with Gasteiger partial charge in [-0.25, -0.2) is 0 Å². The van der Waals surface area contributed by atoms with Crippen molar-refractivity contribution >= 4 is 25.4 Å². The van der Waals surface area contributed by atoms with Crippen molar-refractivity contribution in [2.75, 3.05) is 6.61 Å². The van der Waals surface area contributed by atoms with Crippen molar-refractivity contribution in [2.24, 2.45) is 0 Å². The van der Waals surface area contributed by atoms with Crippen LogP contribution in [0.4, 0.5) is 0 Å². The van der Waals surface area contributed by atoms with E-state index >= 15 is 0 Å². The Balaban J connectivity index is 2.25. The van der Waals surface area contributed by atoms with Gasteiger partial charge in [0.2, 0.25) is 0 Å². The van der Waals surface area contributed by atoms with Crippen molar-refractivity contribution in [1.29, 1.82) is 0 Å². The third-order valence-corrected chi connectivity index (χ3v) is 5.49. The van der Waals surface area contributed by atoms with Crippen LogP contribution in [0.1, 0.15) is 22.9 Å². The normalized spacial score (nSPS) is 11.9. The van der Waals surface area contributed by atoms with Crippen molar-refractivity contribution in [3.63, 3.8) is 0 Å². The van der Waals surface area contributed by atoms with Crippen LogP contribution in [0.15, 0.2) is 54.6 Å². The third kappa shape index (κ3) is 3.96. The van der Waals surface area contributed by atoms with Gasteiger partial charge in [0.15, 0.2) is 0 Å². The summed E-state index contributed by atoms with van der Waals surface area (Å²) < 4.78 is 6.44. The number of carbonyl (C=O) groups is 1. The summed E-state index contributed by atoms with van der Waals surface area (Å²) in [5.41, 5.74) is 2.24. The second-order valence-corrected chi connectivity index (χ2v) is 6.95. The molecule has 0 saturated carbocycles. The fourth-order valence-corrected chi connectivity index (χ4v) is 4.04. The van der Waals surface area contributed by atoms with Crippen LogP contribution in [-0.4, -0.2) is 27.5 Å². The summed E-state index contributed by atoms with van der Waals surface area (Å²) in [5.74, 6) is -0.125. The molecular weight excluding hydrogens is 315 g/mol. The molecule has 2 rings (SSSR count). The van der Waals surface area contributed by atoms with E-state index in [-0.39, 0.29) is 25.7 Å². The predicted molar refractivity (Wildman–Crippen MR) is 82.4 cm³/mol. The Morgan fingerprint density at radius 1 is 1.10 bits per heavy atom. The topological polar surface area (TPSA) is 26.3 Å². The van der Waals surface area contributed by atoms with Crippen LogP contribution in [0.5, 0.6) is 0 Å². The second-order valence-electron chi connectivity index (χ2n) is 4.47. The number of carbonyl (C=O) groups excluding carboxylic acids is 1. The van der Waals surface area contributed by atoms with Gasteiger partial charge in [0.25, 0.3) is 0 Å². The molecule has 0 aliphatic rings. The van der Waals surface area contributed by atoms with E-state index in [0.29, 0.717) is 6.61 Å². The molecule has 0 heterocycles. The van der Waals surface area contributed by atoms with Crippen LogP contribution in [0, 0.1) is 6.92 Å². The van der Waals surface area contributed by atoms with Gasteiger partial charge in [0, 0.05) is 0 Å². The fraction of sp³-hybridized carbons (Fsp3) is 0.235. The maximum absolute atomic E-state index is 12.2. The Kier molecular flexibility index (Phi) is 5.39. The molecule has 1 atom stereocenters. The Hall–Kier alpha value is -1.57. The summed E-state index contributed by atoms with van der Waals surface area (Å²) in [4.78, 5) is 12.1. The van der Waals surface area contributed by atoms with Gasteiger partial charge < -0.3 is 0 Å². The van der Waals surface area contributed by atoms with E-state index < -0.39 is 0 Å². The van der Waals surface area contributed by atoms with Gasteiger partial charge in [-0.05, 0) is 0 Å². The molecule has 0 radical (unpaired) electrons. The van der Waals surface area contributed by atoms with Crippen LogP contribution in [0.3, 0.4) is 0 Å². The summed E-state index contributed by atoms with van der Waals surface area (Å²) in [6.07, 6.45) is 0. The molecule has 0 aliphatic carbocycles. The van der Waals surface area contributed by atoms with Gasteiger partial charge in [-0.2, -0.15) is 0 Å². The number of esters is 1. The summed E-state index contributed by atoms with van der Waals surface area (Å²) in [6, 6.07) is 18.3. The summed E-state index contributed by atoms with van der Waals surface area (Å²) in [5, 5.41) is 0. The Morgan fingerprint density at radius 3 is 2.35 bits per heavy atom. The van der Waals surface area contributed by atoms with Gasteiger partial charge in [0.1, 0.15) is 0 Å². The second kappa shape index (κ2) is 7.28. The molecule has 0 fully saturated rings. The van der Waals surface area contributed by atoms with Crippen LogP contribution in [0.25, 0.3) is 0 Å². The standard InChI is InChI=1S/C17H18O2Se/c1-3-19-17(18)16(14-11-9-13(2)10-12-14)20-15-7-5-4-6-8-15/h4-12,16H,3H2,1-2H3. The van der Waals surface area contributed by atoms with Crippen molar-refractivity contribution in [2.45, 2.75) is 18.7 Å². The molecule has 2 aromatic carbocycles. The molecule has 0 saturated heterocycles. The van der Waals surface area contributed by atoms with E-state index in [0.717, 1.165) is 5.56 Å². The third-order valence-electron chi connectivity index (χ3n) is 2.88. The molecule has 20 heavy (non-hydrogen) atoms. The quantitative estimate of drug-likeness (QED) is 0.621. The average molecular weight is 333 g/mol. The van der Waals surface area contributed by atoms with Gasteiger partial charge in [-0.15, -0.1) is 0 Å². The number of ether oxygens (including phenoxy) is 1. The zero-order valence-corrected chi connectivity index (χ0v) is 13.4. The minimum absolute atomic E-state index is 0.0305. The molecule has 1 unspecified atom stereocenters. The summed E-state index contributed by atoms with van der Waals surface area (Å²) in [6.45, 7) is 4.32. The fourth-order valence-electron chi connectivity index (χ4n) is 1.85. The summed E-state index contributed by atoms with van der Waals surface area (Å²) >= 11 is 0.0305. The van der Waals surface area contributed by atoms with Crippen molar-refractivity contribution in [1.82, 2.24) is 0 Å². The first kappa shape index (κ1) is 14.8. The number of benzene rings is 2. The van der Waals surface area contributed by atoms with Crippen LogP contribution >= 0.6 is 0 Å². The average Bonchev–Trinajstić information content (AvgIpc) is 2.47. The Morgan fingerprint density at radius 2 is 1.75 bits per heavy atom. The van der Waals surface area contributed by atoms with E-state index in [9.17, 15) is 4.79 Å². The zero-order valence-electron chi connectivity index (χ0n) is 11.7. The van der Waals surface area contributed by atoms with Gasteiger partial charge >= 0.3 is 126 Å². The molecule has 0 bridgehead atoms. The first-order valence-corrected chi connectivity index (χ1v) is 8.50. The summed E-state index contributed by atoms with van der Waals surface area (Å²) in [7, 11) is 0. The number of hydrogen-bond donors (Lipinski definition) is 0.